The summed E-state index contributed by atoms with van der Waals surface area (Å²) in [5, 5.41) is 9.32. The number of alkyl halides is 2. The summed E-state index contributed by atoms with van der Waals surface area (Å²) in [5.74, 6) is 0. The molecule has 0 heterocycles. The van der Waals surface area contributed by atoms with Crippen LogP contribution in [0.4, 0.5) is 0 Å². The molecule has 0 radical (unpaired) electrons. The van der Waals surface area contributed by atoms with Gasteiger partial charge in [0.05, 0.1) is 15.4 Å². The van der Waals surface area contributed by atoms with Gasteiger partial charge in [-0.3, -0.25) is 0 Å². The van der Waals surface area contributed by atoms with Crippen LogP contribution in [0.25, 0.3) is 0 Å². The molecule has 0 aliphatic carbocycles. The summed E-state index contributed by atoms with van der Waals surface area (Å²) in [5.41, 5.74) is 1.48. The lowest BCUT2D eigenvalue weighted by Crippen LogP contribution is -1.86. The number of nitriles is 1. The van der Waals surface area contributed by atoms with Crippen molar-refractivity contribution in [3.8, 4) is 6.07 Å². The molecule has 0 bridgehead atoms. The van der Waals surface area contributed by atoms with Crippen LogP contribution in [0.2, 0.25) is 5.02 Å². The topological polar surface area (TPSA) is 23.8 Å². The molecule has 12 heavy (non-hydrogen) atoms. The van der Waals surface area contributed by atoms with Crippen LogP contribution in [-0.2, 0) is 0 Å². The molecule has 0 fully saturated rings. The first-order valence-corrected chi connectivity index (χ1v) is 5.34. The molecule has 1 aromatic rings. The number of hydrogen-bond acceptors (Lipinski definition) is 1. The van der Waals surface area contributed by atoms with E-state index in [1.807, 2.05) is 6.07 Å². The summed E-state index contributed by atoms with van der Waals surface area (Å²) in [6.45, 7) is 0. The normalized spacial score (nSPS) is 9.92. The Balaban J connectivity index is 3.23. The van der Waals surface area contributed by atoms with Crippen molar-refractivity contribution >= 4 is 43.5 Å². The smallest absolute Gasteiger partial charge is 0.0995 e. The molecular weight excluding hydrogens is 305 g/mol. The van der Waals surface area contributed by atoms with Crippen LogP contribution in [0, 0.1) is 11.3 Å². The van der Waals surface area contributed by atoms with Crippen molar-refractivity contribution in [3.05, 3.63) is 34.3 Å². The molecule has 1 nitrogen and oxygen atoms in total. The molecule has 0 aliphatic heterocycles. The second-order valence-electron chi connectivity index (χ2n) is 2.14. The Bertz CT molecular complexity index is 330. The highest BCUT2D eigenvalue weighted by Crippen LogP contribution is 2.32. The van der Waals surface area contributed by atoms with Gasteiger partial charge in [-0.15, -0.1) is 0 Å². The minimum atomic E-state index is -0.00285. The molecule has 0 spiro atoms. The summed E-state index contributed by atoms with van der Waals surface area (Å²) >= 11 is 12.4. The number of rotatable bonds is 1. The standard InChI is InChI=1S/C8H4Br2ClN/c9-8(10)7-2-1-6(11)3-5(7)4-12/h1-3,8H. The van der Waals surface area contributed by atoms with E-state index in [0.717, 1.165) is 5.56 Å². The highest BCUT2D eigenvalue weighted by molar-refractivity contribution is 9.24. The van der Waals surface area contributed by atoms with Gasteiger partial charge >= 0.3 is 0 Å². The van der Waals surface area contributed by atoms with Crippen LogP contribution < -0.4 is 0 Å². The van der Waals surface area contributed by atoms with Crippen LogP contribution in [0.1, 0.15) is 14.9 Å². The maximum atomic E-state index is 8.74. The van der Waals surface area contributed by atoms with E-state index < -0.39 is 0 Å². The minimum absolute atomic E-state index is 0.00285. The van der Waals surface area contributed by atoms with Gasteiger partial charge in [-0.1, -0.05) is 49.5 Å². The van der Waals surface area contributed by atoms with Gasteiger partial charge in [0.25, 0.3) is 0 Å². The number of benzene rings is 1. The average Bonchev–Trinajstić information content (AvgIpc) is 2.03. The van der Waals surface area contributed by atoms with Crippen molar-refractivity contribution in [2.75, 3.05) is 0 Å². The maximum Gasteiger partial charge on any atom is 0.0995 e. The van der Waals surface area contributed by atoms with Crippen molar-refractivity contribution in [1.82, 2.24) is 0 Å². The lowest BCUT2D eigenvalue weighted by Gasteiger charge is -2.03. The Morgan fingerprint density at radius 3 is 2.58 bits per heavy atom. The highest BCUT2D eigenvalue weighted by atomic mass is 79.9. The maximum absolute atomic E-state index is 8.74. The predicted octanol–water partition coefficient (Wildman–Crippen LogP) is 4.00. The molecule has 0 amide bonds. The molecule has 0 saturated heterocycles. The molecular formula is C8H4Br2ClN. The van der Waals surface area contributed by atoms with Crippen molar-refractivity contribution in [3.63, 3.8) is 0 Å². The van der Waals surface area contributed by atoms with E-state index in [0.29, 0.717) is 10.6 Å². The monoisotopic (exact) mass is 307 g/mol. The Labute approximate surface area is 92.6 Å². The van der Waals surface area contributed by atoms with Crippen molar-refractivity contribution in [1.29, 1.82) is 5.26 Å². The fourth-order valence-electron chi connectivity index (χ4n) is 0.816. The van der Waals surface area contributed by atoms with Crippen molar-refractivity contribution in [2.45, 2.75) is 3.74 Å². The first kappa shape index (κ1) is 10.0. The van der Waals surface area contributed by atoms with Crippen LogP contribution in [-0.4, -0.2) is 0 Å². The van der Waals surface area contributed by atoms with E-state index in [4.69, 9.17) is 16.9 Å². The van der Waals surface area contributed by atoms with Gasteiger partial charge < -0.3 is 0 Å². The largest absolute Gasteiger partial charge is 0.192 e. The third-order valence-corrected chi connectivity index (χ3v) is 2.59. The number of halogens is 3. The summed E-state index contributed by atoms with van der Waals surface area (Å²) in [6.07, 6.45) is 0. The third-order valence-electron chi connectivity index (χ3n) is 1.37. The second kappa shape index (κ2) is 4.27. The predicted molar refractivity (Wildman–Crippen MR) is 56.8 cm³/mol. The van der Waals surface area contributed by atoms with Gasteiger partial charge in [0, 0.05) is 5.02 Å². The summed E-state index contributed by atoms with van der Waals surface area (Å²) < 4.78 is -0.00285. The Hall–Kier alpha value is -0.0400. The first-order valence-electron chi connectivity index (χ1n) is 3.13. The van der Waals surface area contributed by atoms with Crippen LogP contribution in [0.5, 0.6) is 0 Å². The summed E-state index contributed by atoms with van der Waals surface area (Å²) in [7, 11) is 0. The average molecular weight is 309 g/mol. The molecule has 4 heteroatoms. The second-order valence-corrected chi connectivity index (χ2v) is 5.64. The molecule has 0 unspecified atom stereocenters. The van der Waals surface area contributed by atoms with Gasteiger partial charge in [0.1, 0.15) is 0 Å². The van der Waals surface area contributed by atoms with Gasteiger partial charge in [0.2, 0.25) is 0 Å². The zero-order valence-electron chi connectivity index (χ0n) is 5.89. The fourth-order valence-corrected chi connectivity index (χ4v) is 1.79. The molecule has 1 rings (SSSR count). The molecule has 0 saturated carbocycles. The van der Waals surface area contributed by atoms with Crippen LogP contribution >= 0.6 is 43.5 Å². The zero-order chi connectivity index (χ0) is 9.14. The van der Waals surface area contributed by atoms with E-state index in [-0.39, 0.29) is 3.74 Å². The lowest BCUT2D eigenvalue weighted by molar-refractivity contribution is 1.36. The van der Waals surface area contributed by atoms with E-state index in [1.165, 1.54) is 0 Å². The molecule has 62 valence electrons. The Morgan fingerprint density at radius 2 is 2.08 bits per heavy atom. The quantitative estimate of drug-likeness (QED) is 0.719. The Morgan fingerprint density at radius 1 is 1.42 bits per heavy atom. The third kappa shape index (κ3) is 2.22. The minimum Gasteiger partial charge on any atom is -0.192 e. The van der Waals surface area contributed by atoms with E-state index >= 15 is 0 Å². The molecule has 0 aliphatic rings. The van der Waals surface area contributed by atoms with Gasteiger partial charge in [-0.25, -0.2) is 0 Å². The molecule has 1 aromatic carbocycles. The number of hydrogen-bond donors (Lipinski definition) is 0. The van der Waals surface area contributed by atoms with Gasteiger partial charge in [0.15, 0.2) is 0 Å². The van der Waals surface area contributed by atoms with Crippen molar-refractivity contribution in [2.24, 2.45) is 0 Å². The van der Waals surface area contributed by atoms with Crippen LogP contribution in [0.3, 0.4) is 0 Å². The summed E-state index contributed by atoms with van der Waals surface area (Å²) in [4.78, 5) is 0. The Kier molecular flexibility index (Phi) is 3.57. The highest BCUT2D eigenvalue weighted by Gasteiger charge is 2.08. The SMILES string of the molecule is N#Cc1cc(Cl)ccc1C(Br)Br. The lowest BCUT2D eigenvalue weighted by atomic mass is 10.1. The summed E-state index contributed by atoms with van der Waals surface area (Å²) in [6, 6.07) is 7.29. The van der Waals surface area contributed by atoms with Crippen molar-refractivity contribution < 1.29 is 0 Å². The van der Waals surface area contributed by atoms with Gasteiger partial charge in [-0.05, 0) is 17.7 Å². The van der Waals surface area contributed by atoms with Crippen LogP contribution in [0.15, 0.2) is 18.2 Å². The van der Waals surface area contributed by atoms with E-state index in [9.17, 15) is 0 Å². The number of nitrogens with zero attached hydrogens (tertiary/aromatic N) is 1. The zero-order valence-corrected chi connectivity index (χ0v) is 9.82. The van der Waals surface area contributed by atoms with E-state index in [1.54, 1.807) is 12.1 Å². The first-order chi connectivity index (χ1) is 5.65. The van der Waals surface area contributed by atoms with Gasteiger partial charge in [-0.2, -0.15) is 5.26 Å². The van der Waals surface area contributed by atoms with E-state index in [2.05, 4.69) is 37.9 Å². The fraction of sp³-hybridized carbons (Fsp3) is 0.125. The molecule has 0 N–H and O–H groups in total. The molecule has 0 atom stereocenters. The molecule has 0 aromatic heterocycles.